The summed E-state index contributed by atoms with van der Waals surface area (Å²) in [6.07, 6.45) is 0. The predicted molar refractivity (Wildman–Crippen MR) is 108 cm³/mol. The van der Waals surface area contributed by atoms with E-state index in [4.69, 9.17) is 16.8 Å². The average molecular weight is 402 g/mol. The van der Waals surface area contributed by atoms with E-state index in [9.17, 15) is 9.59 Å². The number of piperazine rings is 1. The van der Waals surface area contributed by atoms with Gasteiger partial charge in [0.05, 0.1) is 10.6 Å². The van der Waals surface area contributed by atoms with E-state index < -0.39 is 5.91 Å². The number of carbonyl (C=O) groups is 2. The molecule has 3 rings (SSSR count). The molecule has 6 nitrogen and oxygen atoms in total. The highest BCUT2D eigenvalue weighted by molar-refractivity contribution is 6.33. The number of amides is 2. The fraction of sp³-hybridized carbons (Fsp3) is 0.333. The van der Waals surface area contributed by atoms with Crippen LogP contribution in [0, 0.1) is 0 Å². The Bertz CT molecular complexity index is 844. The molecule has 0 saturated carbocycles. The van der Waals surface area contributed by atoms with Crippen LogP contribution in [-0.4, -0.2) is 52.0 Å². The maximum Gasteiger partial charge on any atom is 0.274 e. The van der Waals surface area contributed by atoms with Gasteiger partial charge in [-0.1, -0.05) is 35.9 Å². The van der Waals surface area contributed by atoms with Gasteiger partial charge in [-0.3, -0.25) is 19.7 Å². The summed E-state index contributed by atoms with van der Waals surface area (Å²) in [7, 11) is 0. The number of hydrogen-bond acceptors (Lipinski definition) is 4. The van der Waals surface area contributed by atoms with Crippen LogP contribution in [0.5, 0.6) is 0 Å². The van der Waals surface area contributed by atoms with E-state index >= 15 is 0 Å². The first kappa shape index (κ1) is 20.3. The largest absolute Gasteiger partial charge is 0.335 e. The summed E-state index contributed by atoms with van der Waals surface area (Å²) in [5.74, 6) is -0.566. The Morgan fingerprint density at radius 1 is 1.07 bits per heavy atom. The van der Waals surface area contributed by atoms with E-state index in [-0.39, 0.29) is 18.0 Å². The second kappa shape index (κ2) is 8.73. The molecule has 0 bridgehead atoms. The van der Waals surface area contributed by atoms with Crippen molar-refractivity contribution < 1.29 is 14.8 Å². The van der Waals surface area contributed by atoms with Gasteiger partial charge in [0.15, 0.2) is 0 Å². The Morgan fingerprint density at radius 3 is 2.25 bits per heavy atom. The minimum atomic E-state index is -0.528. The highest BCUT2D eigenvalue weighted by Crippen LogP contribution is 2.23. The second-order valence-electron chi connectivity index (χ2n) is 7.20. The number of nitrogens with zero attached hydrogens (tertiary/aromatic N) is 2. The van der Waals surface area contributed by atoms with Crippen molar-refractivity contribution in [2.75, 3.05) is 13.1 Å². The average Bonchev–Trinajstić information content (AvgIpc) is 2.70. The molecular formula is C21H24ClN3O3. The highest BCUT2D eigenvalue weighted by Gasteiger charge is 2.32. The summed E-state index contributed by atoms with van der Waals surface area (Å²) in [4.78, 5) is 28.5. The van der Waals surface area contributed by atoms with Crippen LogP contribution in [-0.2, 0) is 6.54 Å². The molecule has 0 radical (unpaired) electrons. The Balaban J connectivity index is 1.67. The van der Waals surface area contributed by atoms with Crippen LogP contribution in [0.4, 0.5) is 0 Å². The number of hydrogen-bond donors (Lipinski definition) is 2. The number of nitrogens with one attached hydrogen (secondary N) is 1. The fourth-order valence-corrected chi connectivity index (χ4v) is 3.89. The molecule has 28 heavy (non-hydrogen) atoms. The zero-order valence-electron chi connectivity index (χ0n) is 15.9. The summed E-state index contributed by atoms with van der Waals surface area (Å²) in [6, 6.07) is 14.6. The van der Waals surface area contributed by atoms with Crippen molar-refractivity contribution in [1.82, 2.24) is 15.3 Å². The van der Waals surface area contributed by atoms with E-state index in [0.29, 0.717) is 29.2 Å². The quantitative estimate of drug-likeness (QED) is 0.609. The summed E-state index contributed by atoms with van der Waals surface area (Å²) >= 11 is 6.19. The van der Waals surface area contributed by atoms with Crippen LogP contribution in [0.3, 0.4) is 0 Å². The van der Waals surface area contributed by atoms with Gasteiger partial charge >= 0.3 is 0 Å². The van der Waals surface area contributed by atoms with Gasteiger partial charge in [-0.25, -0.2) is 5.48 Å². The van der Waals surface area contributed by atoms with Crippen molar-refractivity contribution in [3.05, 3.63) is 70.2 Å². The standard InChI is InChI=1S/C21H24ClN3O3/c1-14-11-24(21(27)18-5-3-4-6-19(18)22)12-15(2)25(14)13-16-7-9-17(10-8-16)20(26)23-28/h3-10,14-15,28H,11-13H2,1-2H3,(H,23,26)/t14-,15+. The third-order valence-corrected chi connectivity index (χ3v) is 5.51. The van der Waals surface area contributed by atoms with Crippen molar-refractivity contribution in [3.63, 3.8) is 0 Å². The molecule has 1 heterocycles. The maximum absolute atomic E-state index is 12.9. The fourth-order valence-electron chi connectivity index (χ4n) is 3.68. The molecule has 1 saturated heterocycles. The predicted octanol–water partition coefficient (Wildman–Crippen LogP) is 3.19. The van der Waals surface area contributed by atoms with E-state index in [2.05, 4.69) is 18.7 Å². The molecule has 1 aliphatic heterocycles. The third-order valence-electron chi connectivity index (χ3n) is 5.18. The summed E-state index contributed by atoms with van der Waals surface area (Å²) in [5.41, 5.74) is 3.64. The van der Waals surface area contributed by atoms with Gasteiger partial charge in [-0.2, -0.15) is 0 Å². The molecule has 2 aromatic rings. The molecule has 2 aromatic carbocycles. The van der Waals surface area contributed by atoms with Crippen molar-refractivity contribution in [2.24, 2.45) is 0 Å². The Kier molecular flexibility index (Phi) is 6.34. The second-order valence-corrected chi connectivity index (χ2v) is 7.61. The van der Waals surface area contributed by atoms with E-state index in [1.807, 2.05) is 29.2 Å². The number of rotatable bonds is 4. The number of hydroxylamine groups is 1. The van der Waals surface area contributed by atoms with Gasteiger partial charge in [-0.15, -0.1) is 0 Å². The first-order chi connectivity index (χ1) is 13.4. The topological polar surface area (TPSA) is 72.9 Å². The van der Waals surface area contributed by atoms with Gasteiger partial charge in [-0.05, 0) is 43.7 Å². The smallest absolute Gasteiger partial charge is 0.274 e. The summed E-state index contributed by atoms with van der Waals surface area (Å²) in [6.45, 7) is 6.18. The first-order valence-electron chi connectivity index (χ1n) is 9.23. The molecule has 0 spiro atoms. The molecule has 0 aromatic heterocycles. The lowest BCUT2D eigenvalue weighted by atomic mass is 10.0. The third kappa shape index (κ3) is 4.35. The zero-order chi connectivity index (χ0) is 20.3. The Morgan fingerprint density at radius 2 is 1.68 bits per heavy atom. The molecule has 0 unspecified atom stereocenters. The van der Waals surface area contributed by atoms with Crippen LogP contribution < -0.4 is 5.48 Å². The van der Waals surface area contributed by atoms with Crippen LogP contribution in [0.2, 0.25) is 5.02 Å². The zero-order valence-corrected chi connectivity index (χ0v) is 16.7. The molecule has 1 fully saturated rings. The SMILES string of the molecule is C[C@@H]1CN(C(=O)c2ccccc2Cl)C[C@H](C)N1Cc1ccc(C(=O)NO)cc1. The van der Waals surface area contributed by atoms with Crippen molar-refractivity contribution in [3.8, 4) is 0 Å². The van der Waals surface area contributed by atoms with Crippen LogP contribution >= 0.6 is 11.6 Å². The number of halogens is 1. The maximum atomic E-state index is 12.9. The van der Waals surface area contributed by atoms with Crippen molar-refractivity contribution >= 4 is 23.4 Å². The lowest BCUT2D eigenvalue weighted by Gasteiger charge is -2.44. The van der Waals surface area contributed by atoms with Gasteiger partial charge in [0.2, 0.25) is 0 Å². The van der Waals surface area contributed by atoms with Gasteiger partial charge in [0.25, 0.3) is 11.8 Å². The summed E-state index contributed by atoms with van der Waals surface area (Å²) < 4.78 is 0. The molecule has 148 valence electrons. The molecule has 0 aliphatic carbocycles. The highest BCUT2D eigenvalue weighted by atomic mass is 35.5. The first-order valence-corrected chi connectivity index (χ1v) is 9.61. The van der Waals surface area contributed by atoms with Crippen molar-refractivity contribution in [2.45, 2.75) is 32.5 Å². The molecule has 2 N–H and O–H groups in total. The van der Waals surface area contributed by atoms with Crippen LogP contribution in [0.15, 0.2) is 48.5 Å². The Labute approximate surface area is 169 Å². The van der Waals surface area contributed by atoms with Crippen LogP contribution in [0.1, 0.15) is 40.1 Å². The lowest BCUT2D eigenvalue weighted by molar-refractivity contribution is 0.0270. The lowest BCUT2D eigenvalue weighted by Crippen LogP contribution is -2.57. The van der Waals surface area contributed by atoms with Crippen molar-refractivity contribution in [1.29, 1.82) is 0 Å². The molecule has 2 atom stereocenters. The minimum absolute atomic E-state index is 0.0386. The van der Waals surface area contributed by atoms with E-state index in [0.717, 1.165) is 12.1 Å². The molecule has 7 heteroatoms. The summed E-state index contributed by atoms with van der Waals surface area (Å²) in [5, 5.41) is 9.18. The van der Waals surface area contributed by atoms with Gasteiger partial charge in [0, 0.05) is 37.3 Å². The van der Waals surface area contributed by atoms with E-state index in [1.54, 1.807) is 29.7 Å². The number of benzene rings is 2. The molecule has 1 aliphatic rings. The van der Waals surface area contributed by atoms with Gasteiger partial charge in [0.1, 0.15) is 0 Å². The monoisotopic (exact) mass is 401 g/mol. The van der Waals surface area contributed by atoms with Gasteiger partial charge < -0.3 is 4.90 Å². The minimum Gasteiger partial charge on any atom is -0.335 e. The van der Waals surface area contributed by atoms with Crippen LogP contribution in [0.25, 0.3) is 0 Å². The Hall–Kier alpha value is -2.41. The molecule has 2 amide bonds. The van der Waals surface area contributed by atoms with E-state index in [1.165, 1.54) is 0 Å². The molecular weight excluding hydrogens is 378 g/mol. The number of carbonyl (C=O) groups excluding carboxylic acids is 2. The normalized spacial score (nSPS) is 20.1.